The standard InChI is InChI=1S/C11H21N3O2/c15-10-4-2-1-3-6-13-11(16)5-7-12-8-9-14-10/h12H,1-9H2,(H,13,16)(H,14,15). The smallest absolute Gasteiger partial charge is 0.221 e. The first-order valence-electron chi connectivity index (χ1n) is 6.03. The summed E-state index contributed by atoms with van der Waals surface area (Å²) >= 11 is 0. The van der Waals surface area contributed by atoms with Gasteiger partial charge in [0.2, 0.25) is 11.8 Å². The van der Waals surface area contributed by atoms with Gasteiger partial charge in [0.15, 0.2) is 0 Å². The van der Waals surface area contributed by atoms with E-state index in [1.165, 1.54) is 0 Å². The normalized spacial score (nSPS) is 21.8. The van der Waals surface area contributed by atoms with Crippen molar-refractivity contribution >= 4 is 11.8 Å². The Morgan fingerprint density at radius 3 is 2.31 bits per heavy atom. The van der Waals surface area contributed by atoms with Crippen molar-refractivity contribution in [2.45, 2.75) is 32.1 Å². The average Bonchev–Trinajstić information content (AvgIpc) is 2.27. The van der Waals surface area contributed by atoms with Crippen LogP contribution in [0.1, 0.15) is 32.1 Å². The van der Waals surface area contributed by atoms with Crippen molar-refractivity contribution in [1.82, 2.24) is 16.0 Å². The summed E-state index contributed by atoms with van der Waals surface area (Å²) in [5, 5.41) is 8.83. The molecule has 1 fully saturated rings. The van der Waals surface area contributed by atoms with Gasteiger partial charge in [-0.25, -0.2) is 0 Å². The van der Waals surface area contributed by atoms with Crippen molar-refractivity contribution in [3.05, 3.63) is 0 Å². The van der Waals surface area contributed by atoms with Crippen LogP contribution in [0.4, 0.5) is 0 Å². The highest BCUT2D eigenvalue weighted by molar-refractivity contribution is 5.76. The zero-order valence-corrected chi connectivity index (χ0v) is 9.68. The minimum Gasteiger partial charge on any atom is -0.356 e. The Bertz CT molecular complexity index is 187. The van der Waals surface area contributed by atoms with Crippen LogP contribution < -0.4 is 16.0 Å². The summed E-state index contributed by atoms with van der Waals surface area (Å²) in [6.07, 6.45) is 3.94. The Morgan fingerprint density at radius 1 is 0.688 bits per heavy atom. The Balaban J connectivity index is 2.23. The van der Waals surface area contributed by atoms with Gasteiger partial charge >= 0.3 is 0 Å². The van der Waals surface area contributed by atoms with Crippen LogP contribution in [0.3, 0.4) is 0 Å². The number of amides is 2. The van der Waals surface area contributed by atoms with Crippen molar-refractivity contribution in [1.29, 1.82) is 0 Å². The molecule has 1 rings (SSSR count). The number of hydrogen-bond acceptors (Lipinski definition) is 3. The second-order valence-electron chi connectivity index (χ2n) is 4.01. The molecule has 0 bridgehead atoms. The maximum atomic E-state index is 11.3. The van der Waals surface area contributed by atoms with E-state index in [1.807, 2.05) is 0 Å². The first-order valence-corrected chi connectivity index (χ1v) is 6.03. The third kappa shape index (κ3) is 6.40. The Hall–Kier alpha value is -1.10. The van der Waals surface area contributed by atoms with Crippen molar-refractivity contribution < 1.29 is 9.59 Å². The van der Waals surface area contributed by atoms with E-state index < -0.39 is 0 Å². The summed E-state index contributed by atoms with van der Waals surface area (Å²) in [5.41, 5.74) is 0. The molecule has 92 valence electrons. The highest BCUT2D eigenvalue weighted by atomic mass is 16.2. The molecule has 3 N–H and O–H groups in total. The molecule has 0 aliphatic carbocycles. The fourth-order valence-corrected chi connectivity index (χ4v) is 1.61. The van der Waals surface area contributed by atoms with Crippen LogP contribution in [0.2, 0.25) is 0 Å². The van der Waals surface area contributed by atoms with Gasteiger partial charge in [-0.2, -0.15) is 0 Å². The van der Waals surface area contributed by atoms with Crippen LogP contribution in [-0.4, -0.2) is 38.0 Å². The number of carbonyl (C=O) groups excluding carboxylic acids is 2. The molecule has 1 aliphatic heterocycles. The Morgan fingerprint density at radius 2 is 1.44 bits per heavy atom. The third-order valence-corrected chi connectivity index (χ3v) is 2.56. The minimum absolute atomic E-state index is 0.105. The van der Waals surface area contributed by atoms with Gasteiger partial charge in [0, 0.05) is 39.0 Å². The van der Waals surface area contributed by atoms with Crippen LogP contribution in [0, 0.1) is 0 Å². The van der Waals surface area contributed by atoms with Gasteiger partial charge in [0.1, 0.15) is 0 Å². The summed E-state index contributed by atoms with van der Waals surface area (Å²) < 4.78 is 0. The topological polar surface area (TPSA) is 70.2 Å². The molecule has 2 amide bonds. The predicted octanol–water partition coefficient (Wildman–Crippen LogP) is -0.227. The first kappa shape index (κ1) is 13.0. The van der Waals surface area contributed by atoms with Gasteiger partial charge in [0.25, 0.3) is 0 Å². The molecule has 1 aliphatic rings. The summed E-state index contributed by atoms with van der Waals surface area (Å²) in [5.74, 6) is 0.233. The van der Waals surface area contributed by atoms with Gasteiger partial charge in [-0.1, -0.05) is 6.42 Å². The molecule has 0 spiro atoms. The second kappa shape index (κ2) is 8.10. The fraction of sp³-hybridized carbons (Fsp3) is 0.818. The minimum atomic E-state index is 0.105. The summed E-state index contributed by atoms with van der Waals surface area (Å²) in [6, 6.07) is 0. The van der Waals surface area contributed by atoms with Gasteiger partial charge in [-0.3, -0.25) is 9.59 Å². The molecular formula is C11H21N3O2. The van der Waals surface area contributed by atoms with E-state index in [2.05, 4.69) is 16.0 Å². The lowest BCUT2D eigenvalue weighted by molar-refractivity contribution is -0.122. The maximum absolute atomic E-state index is 11.3. The second-order valence-corrected chi connectivity index (χ2v) is 4.01. The number of hydrogen-bond donors (Lipinski definition) is 3. The lowest BCUT2D eigenvalue weighted by Gasteiger charge is -2.09. The predicted molar refractivity (Wildman–Crippen MR) is 62.0 cm³/mol. The van der Waals surface area contributed by atoms with Crippen molar-refractivity contribution in [2.75, 3.05) is 26.2 Å². The van der Waals surface area contributed by atoms with E-state index in [0.717, 1.165) is 32.4 Å². The quantitative estimate of drug-likeness (QED) is 0.535. The summed E-state index contributed by atoms with van der Waals surface area (Å²) in [7, 11) is 0. The molecule has 5 heteroatoms. The number of nitrogens with one attached hydrogen (secondary N) is 3. The molecule has 0 radical (unpaired) electrons. The lowest BCUT2D eigenvalue weighted by atomic mass is 10.2. The van der Waals surface area contributed by atoms with Crippen LogP contribution >= 0.6 is 0 Å². The molecule has 16 heavy (non-hydrogen) atoms. The van der Waals surface area contributed by atoms with Crippen LogP contribution in [0.15, 0.2) is 0 Å². The molecule has 0 aromatic rings. The maximum Gasteiger partial charge on any atom is 0.221 e. The first-order chi connectivity index (χ1) is 7.79. The zero-order valence-electron chi connectivity index (χ0n) is 9.68. The molecule has 5 nitrogen and oxygen atoms in total. The Kier molecular flexibility index (Phi) is 6.56. The van der Waals surface area contributed by atoms with Crippen molar-refractivity contribution in [3.63, 3.8) is 0 Å². The lowest BCUT2D eigenvalue weighted by Crippen LogP contribution is -2.34. The molecule has 0 aromatic carbocycles. The SMILES string of the molecule is O=C1CCCCCNC(=O)CCNCCN1. The van der Waals surface area contributed by atoms with Gasteiger partial charge in [-0.15, -0.1) is 0 Å². The van der Waals surface area contributed by atoms with E-state index in [9.17, 15) is 9.59 Å². The largest absolute Gasteiger partial charge is 0.356 e. The molecule has 0 unspecified atom stereocenters. The molecular weight excluding hydrogens is 206 g/mol. The Labute approximate surface area is 96.4 Å². The molecule has 0 atom stereocenters. The highest BCUT2D eigenvalue weighted by Crippen LogP contribution is 1.99. The molecule has 0 saturated carbocycles. The van der Waals surface area contributed by atoms with E-state index >= 15 is 0 Å². The van der Waals surface area contributed by atoms with Crippen molar-refractivity contribution in [2.24, 2.45) is 0 Å². The van der Waals surface area contributed by atoms with Crippen molar-refractivity contribution in [3.8, 4) is 0 Å². The van der Waals surface area contributed by atoms with Crippen LogP contribution in [0.5, 0.6) is 0 Å². The van der Waals surface area contributed by atoms with Gasteiger partial charge in [-0.05, 0) is 12.8 Å². The summed E-state index contributed by atoms with van der Waals surface area (Å²) in [4.78, 5) is 22.6. The summed E-state index contributed by atoms with van der Waals surface area (Å²) in [6.45, 7) is 2.75. The third-order valence-electron chi connectivity index (χ3n) is 2.56. The van der Waals surface area contributed by atoms with E-state index in [1.54, 1.807) is 0 Å². The van der Waals surface area contributed by atoms with E-state index in [4.69, 9.17) is 0 Å². The average molecular weight is 227 g/mol. The van der Waals surface area contributed by atoms with Crippen LogP contribution in [0.25, 0.3) is 0 Å². The van der Waals surface area contributed by atoms with Gasteiger partial charge in [0.05, 0.1) is 0 Å². The van der Waals surface area contributed by atoms with Gasteiger partial charge < -0.3 is 16.0 Å². The monoisotopic (exact) mass is 227 g/mol. The van der Waals surface area contributed by atoms with E-state index in [0.29, 0.717) is 25.9 Å². The number of rotatable bonds is 0. The number of carbonyl (C=O) groups is 2. The molecule has 1 saturated heterocycles. The molecule has 1 heterocycles. The highest BCUT2D eigenvalue weighted by Gasteiger charge is 2.03. The fourth-order valence-electron chi connectivity index (χ4n) is 1.61. The van der Waals surface area contributed by atoms with E-state index in [-0.39, 0.29) is 11.8 Å². The molecule has 0 aromatic heterocycles. The zero-order chi connectivity index (χ0) is 11.6. The van der Waals surface area contributed by atoms with Crippen LogP contribution in [-0.2, 0) is 9.59 Å².